The number of hydrogen-bond acceptors (Lipinski definition) is 6. The number of rotatable bonds is 2. The molecular weight excluding hydrogens is 332 g/mol. The molecule has 26 heavy (non-hydrogen) atoms. The van der Waals surface area contributed by atoms with Crippen molar-refractivity contribution in [2.45, 2.75) is 52.3 Å². The second-order valence-corrected chi connectivity index (χ2v) is 8.03. The third kappa shape index (κ3) is 3.40. The van der Waals surface area contributed by atoms with Gasteiger partial charge in [0, 0.05) is 18.7 Å². The molecule has 3 aliphatic rings. The Morgan fingerprint density at radius 1 is 1.23 bits per heavy atom. The lowest BCUT2D eigenvalue weighted by Gasteiger charge is -2.33. The molecule has 140 valence electrons. The molecule has 0 N–H and O–H groups in total. The number of anilines is 1. The van der Waals surface area contributed by atoms with Gasteiger partial charge in [-0.25, -0.2) is 14.8 Å². The van der Waals surface area contributed by atoms with Gasteiger partial charge >= 0.3 is 6.09 Å². The molecule has 1 fully saturated rings. The zero-order chi connectivity index (χ0) is 18.3. The second kappa shape index (κ2) is 6.54. The van der Waals surface area contributed by atoms with Crippen LogP contribution < -0.4 is 4.90 Å². The summed E-state index contributed by atoms with van der Waals surface area (Å²) in [7, 11) is 0. The van der Waals surface area contributed by atoms with E-state index in [4.69, 9.17) is 19.4 Å². The highest BCUT2D eigenvalue weighted by Gasteiger charge is 2.34. The van der Waals surface area contributed by atoms with E-state index in [-0.39, 0.29) is 6.09 Å². The Balaban J connectivity index is 1.64. The first-order valence-electron chi connectivity index (χ1n) is 9.30. The Morgan fingerprint density at radius 3 is 2.65 bits per heavy atom. The molecule has 7 nitrogen and oxygen atoms in total. The minimum absolute atomic E-state index is 0.295. The maximum absolute atomic E-state index is 12.5. The Labute approximate surface area is 154 Å². The minimum atomic E-state index is -0.504. The number of carbonyl (C=O) groups is 1. The lowest BCUT2D eigenvalue weighted by atomic mass is 10.1. The van der Waals surface area contributed by atoms with Crippen LogP contribution in [0.2, 0.25) is 0 Å². The SMILES string of the molecule is CC(C)(C)OC(=O)N1Cc2nc(C3=CCOCC3)nc(N3CCC3)c2C1. The van der Waals surface area contributed by atoms with Crippen molar-refractivity contribution in [3.05, 3.63) is 23.2 Å². The molecule has 0 aliphatic carbocycles. The maximum Gasteiger partial charge on any atom is 0.410 e. The summed E-state index contributed by atoms with van der Waals surface area (Å²) in [5.41, 5.74) is 2.63. The molecule has 0 radical (unpaired) electrons. The third-order valence-corrected chi connectivity index (χ3v) is 4.82. The summed E-state index contributed by atoms with van der Waals surface area (Å²) in [5.74, 6) is 1.76. The minimum Gasteiger partial charge on any atom is -0.444 e. The summed E-state index contributed by atoms with van der Waals surface area (Å²) in [6.45, 7) is 9.98. The summed E-state index contributed by atoms with van der Waals surface area (Å²) in [4.78, 5) is 26.2. The monoisotopic (exact) mass is 358 g/mol. The Hall–Kier alpha value is -2.15. The largest absolute Gasteiger partial charge is 0.444 e. The van der Waals surface area contributed by atoms with Crippen LogP contribution in [0.5, 0.6) is 0 Å². The summed E-state index contributed by atoms with van der Waals surface area (Å²) < 4.78 is 10.9. The van der Waals surface area contributed by atoms with E-state index in [1.54, 1.807) is 4.90 Å². The average molecular weight is 358 g/mol. The molecule has 7 heteroatoms. The molecule has 1 saturated heterocycles. The van der Waals surface area contributed by atoms with Crippen LogP contribution >= 0.6 is 0 Å². The zero-order valence-electron chi connectivity index (χ0n) is 15.7. The van der Waals surface area contributed by atoms with Crippen molar-refractivity contribution in [2.75, 3.05) is 31.2 Å². The van der Waals surface area contributed by atoms with Crippen LogP contribution in [0.15, 0.2) is 6.08 Å². The highest BCUT2D eigenvalue weighted by atomic mass is 16.6. The highest BCUT2D eigenvalue weighted by molar-refractivity contribution is 5.71. The maximum atomic E-state index is 12.5. The molecule has 1 aromatic rings. The van der Waals surface area contributed by atoms with Gasteiger partial charge in [0.05, 0.1) is 32.0 Å². The van der Waals surface area contributed by atoms with Gasteiger partial charge in [0.15, 0.2) is 5.82 Å². The Kier molecular flexibility index (Phi) is 4.34. The quantitative estimate of drug-likeness (QED) is 0.810. The molecule has 3 aliphatic heterocycles. The van der Waals surface area contributed by atoms with Crippen molar-refractivity contribution in [2.24, 2.45) is 0 Å². The van der Waals surface area contributed by atoms with Gasteiger partial charge in [-0.3, -0.25) is 4.90 Å². The summed E-state index contributed by atoms with van der Waals surface area (Å²) in [6.07, 6.45) is 3.78. The van der Waals surface area contributed by atoms with Crippen LogP contribution in [0.4, 0.5) is 10.6 Å². The van der Waals surface area contributed by atoms with Crippen molar-refractivity contribution < 1.29 is 14.3 Å². The van der Waals surface area contributed by atoms with Crippen LogP contribution in [-0.2, 0) is 22.6 Å². The van der Waals surface area contributed by atoms with Gasteiger partial charge in [0.25, 0.3) is 0 Å². The fraction of sp³-hybridized carbons (Fsp3) is 0.632. The van der Waals surface area contributed by atoms with Crippen molar-refractivity contribution >= 4 is 17.5 Å². The normalized spacial score (nSPS) is 19.7. The number of hydrogen-bond donors (Lipinski definition) is 0. The van der Waals surface area contributed by atoms with Gasteiger partial charge in [0.1, 0.15) is 11.4 Å². The number of fused-ring (bicyclic) bond motifs is 1. The Morgan fingerprint density at radius 2 is 2.04 bits per heavy atom. The molecule has 4 heterocycles. The van der Waals surface area contributed by atoms with E-state index in [0.29, 0.717) is 26.3 Å². The lowest BCUT2D eigenvalue weighted by molar-refractivity contribution is 0.0241. The van der Waals surface area contributed by atoms with E-state index in [9.17, 15) is 4.79 Å². The summed E-state index contributed by atoms with van der Waals surface area (Å²) in [6, 6.07) is 0. The smallest absolute Gasteiger partial charge is 0.410 e. The predicted octanol–water partition coefficient (Wildman–Crippen LogP) is 2.74. The molecule has 0 aromatic carbocycles. The molecule has 0 atom stereocenters. The van der Waals surface area contributed by atoms with Crippen LogP contribution in [0, 0.1) is 0 Å². The number of aromatic nitrogens is 2. The molecule has 4 rings (SSSR count). The standard InChI is InChI=1S/C19H26N4O3/c1-19(2,3)26-18(24)23-11-14-15(12-23)20-16(13-5-9-25-10-6-13)21-17(14)22-7-4-8-22/h5H,4,6-12H2,1-3H3. The average Bonchev–Trinajstić information content (AvgIpc) is 2.97. The van der Waals surface area contributed by atoms with Crippen LogP contribution in [0.3, 0.4) is 0 Å². The molecule has 0 saturated carbocycles. The van der Waals surface area contributed by atoms with E-state index in [2.05, 4.69) is 11.0 Å². The van der Waals surface area contributed by atoms with Crippen molar-refractivity contribution in [1.82, 2.24) is 14.9 Å². The topological polar surface area (TPSA) is 67.8 Å². The van der Waals surface area contributed by atoms with Gasteiger partial charge in [-0.2, -0.15) is 0 Å². The fourth-order valence-electron chi connectivity index (χ4n) is 3.36. The van der Waals surface area contributed by atoms with E-state index in [1.165, 1.54) is 6.42 Å². The van der Waals surface area contributed by atoms with E-state index >= 15 is 0 Å². The van der Waals surface area contributed by atoms with Gasteiger partial charge in [-0.15, -0.1) is 0 Å². The first-order valence-corrected chi connectivity index (χ1v) is 9.30. The van der Waals surface area contributed by atoms with Gasteiger partial charge in [-0.05, 0) is 39.2 Å². The van der Waals surface area contributed by atoms with E-state index in [1.807, 2.05) is 20.8 Å². The molecule has 0 unspecified atom stereocenters. The second-order valence-electron chi connectivity index (χ2n) is 8.03. The van der Waals surface area contributed by atoms with Crippen LogP contribution in [0.1, 0.15) is 50.7 Å². The fourth-order valence-corrected chi connectivity index (χ4v) is 3.36. The molecular formula is C19H26N4O3. The number of nitrogens with zero attached hydrogens (tertiary/aromatic N) is 4. The van der Waals surface area contributed by atoms with Crippen LogP contribution in [-0.4, -0.2) is 52.9 Å². The van der Waals surface area contributed by atoms with Gasteiger partial charge in [-0.1, -0.05) is 6.08 Å². The summed E-state index contributed by atoms with van der Waals surface area (Å²) >= 11 is 0. The molecule has 0 bridgehead atoms. The summed E-state index contributed by atoms with van der Waals surface area (Å²) in [5, 5.41) is 0. The Bertz CT molecular complexity index is 750. The van der Waals surface area contributed by atoms with Gasteiger partial charge in [0.2, 0.25) is 0 Å². The molecule has 0 spiro atoms. The highest BCUT2D eigenvalue weighted by Crippen LogP contribution is 2.34. The number of ether oxygens (including phenoxy) is 2. The van der Waals surface area contributed by atoms with E-state index in [0.717, 1.165) is 48.0 Å². The third-order valence-electron chi connectivity index (χ3n) is 4.82. The van der Waals surface area contributed by atoms with Gasteiger partial charge < -0.3 is 14.4 Å². The van der Waals surface area contributed by atoms with Crippen LogP contribution in [0.25, 0.3) is 5.57 Å². The van der Waals surface area contributed by atoms with Crippen molar-refractivity contribution in [1.29, 1.82) is 0 Å². The molecule has 1 amide bonds. The number of carbonyl (C=O) groups excluding carboxylic acids is 1. The zero-order valence-corrected chi connectivity index (χ0v) is 15.7. The first kappa shape index (κ1) is 17.3. The first-order chi connectivity index (χ1) is 12.4. The van der Waals surface area contributed by atoms with Crippen molar-refractivity contribution in [3.8, 4) is 0 Å². The number of amides is 1. The van der Waals surface area contributed by atoms with Crippen molar-refractivity contribution in [3.63, 3.8) is 0 Å². The van der Waals surface area contributed by atoms with E-state index < -0.39 is 5.60 Å². The molecule has 1 aromatic heterocycles. The predicted molar refractivity (Wildman–Crippen MR) is 97.8 cm³/mol. The lowest BCUT2D eigenvalue weighted by Crippen LogP contribution is -2.39.